The Kier molecular flexibility index (Phi) is 2.39. The molecule has 0 aromatic heterocycles. The predicted molar refractivity (Wildman–Crippen MR) is 45.3 cm³/mol. The van der Waals surface area contributed by atoms with Crippen LogP contribution in [-0.4, -0.2) is 0 Å². The first-order valence-electron chi connectivity index (χ1n) is 2.67. The Morgan fingerprint density at radius 1 is 1.27 bits per heavy atom. The van der Waals surface area contributed by atoms with Crippen LogP contribution >= 0.6 is 22.6 Å². The van der Waals surface area contributed by atoms with E-state index in [1.165, 1.54) is 0 Å². The Morgan fingerprint density at radius 3 is 2.09 bits per heavy atom. The van der Waals surface area contributed by atoms with Gasteiger partial charge in [-0.15, -0.1) is 0 Å². The molecule has 1 aromatic carbocycles. The van der Waals surface area contributed by atoms with E-state index < -0.39 is 11.6 Å². The Balaban J connectivity index is 3.35. The van der Waals surface area contributed by atoms with Crippen molar-refractivity contribution in [2.24, 2.45) is 0 Å². The molecule has 0 N–H and O–H groups in total. The van der Waals surface area contributed by atoms with Crippen molar-refractivity contribution in [1.29, 1.82) is 0 Å². The summed E-state index contributed by atoms with van der Waals surface area (Å²) in [5.74, 6) is -1.37. The maximum Gasteiger partial charge on any atom is 0.193 e. The molecular formula is C7H2F2IN. The van der Waals surface area contributed by atoms with E-state index in [1.54, 1.807) is 22.6 Å². The highest BCUT2D eigenvalue weighted by Crippen LogP contribution is 2.21. The van der Waals surface area contributed by atoms with Crippen LogP contribution in [0, 0.1) is 21.8 Å². The highest BCUT2D eigenvalue weighted by molar-refractivity contribution is 14.1. The van der Waals surface area contributed by atoms with Crippen LogP contribution in [0.1, 0.15) is 0 Å². The molecule has 1 rings (SSSR count). The molecular weight excluding hydrogens is 263 g/mol. The maximum absolute atomic E-state index is 12.6. The summed E-state index contributed by atoms with van der Waals surface area (Å²) >= 11 is 1.55. The minimum atomic E-state index is -0.684. The Bertz CT molecular complexity index is 307. The van der Waals surface area contributed by atoms with Gasteiger partial charge in [-0.05, 0) is 34.7 Å². The van der Waals surface area contributed by atoms with Gasteiger partial charge in [0.25, 0.3) is 0 Å². The largest absolute Gasteiger partial charge is 0.238 e. The highest BCUT2D eigenvalue weighted by Gasteiger charge is 2.06. The van der Waals surface area contributed by atoms with Gasteiger partial charge in [-0.3, -0.25) is 0 Å². The fourth-order valence-electron chi connectivity index (χ4n) is 0.607. The van der Waals surface area contributed by atoms with E-state index in [9.17, 15) is 8.78 Å². The van der Waals surface area contributed by atoms with E-state index in [2.05, 4.69) is 4.85 Å². The van der Waals surface area contributed by atoms with Crippen molar-refractivity contribution >= 4 is 28.3 Å². The molecule has 0 amide bonds. The summed E-state index contributed by atoms with van der Waals surface area (Å²) in [6.07, 6.45) is 0. The molecule has 0 saturated carbocycles. The molecule has 4 heteroatoms. The summed E-state index contributed by atoms with van der Waals surface area (Å²) in [6, 6.07) is 2.02. The number of nitrogens with zero attached hydrogens (tertiary/aromatic N) is 1. The van der Waals surface area contributed by atoms with Crippen LogP contribution in [0.15, 0.2) is 12.1 Å². The number of benzene rings is 1. The predicted octanol–water partition coefficient (Wildman–Crippen LogP) is 3.12. The molecule has 0 fully saturated rings. The topological polar surface area (TPSA) is 4.36 Å². The van der Waals surface area contributed by atoms with Crippen LogP contribution in [0.3, 0.4) is 0 Å². The smallest absolute Gasteiger partial charge is 0.193 e. The lowest BCUT2D eigenvalue weighted by Gasteiger charge is -1.95. The first-order chi connectivity index (χ1) is 5.15. The van der Waals surface area contributed by atoms with Gasteiger partial charge in [0.1, 0.15) is 11.6 Å². The molecule has 0 atom stereocenters. The fraction of sp³-hybridized carbons (Fsp3) is 0. The second-order valence-corrected chi connectivity index (χ2v) is 2.91. The zero-order valence-electron chi connectivity index (χ0n) is 5.24. The lowest BCUT2D eigenvalue weighted by atomic mass is 10.3. The SMILES string of the molecule is [C-]#[N+]c1cc(F)c(I)c(F)c1. The van der Waals surface area contributed by atoms with Gasteiger partial charge in [0.2, 0.25) is 0 Å². The fourth-order valence-corrected chi connectivity index (χ4v) is 0.918. The van der Waals surface area contributed by atoms with Crippen LogP contribution in [0.4, 0.5) is 14.5 Å². The van der Waals surface area contributed by atoms with Crippen molar-refractivity contribution in [3.8, 4) is 0 Å². The third-order valence-electron chi connectivity index (χ3n) is 1.10. The quantitative estimate of drug-likeness (QED) is 0.385. The van der Waals surface area contributed by atoms with Gasteiger partial charge in [0, 0.05) is 0 Å². The van der Waals surface area contributed by atoms with Crippen molar-refractivity contribution in [3.05, 3.63) is 38.8 Å². The van der Waals surface area contributed by atoms with E-state index in [0.29, 0.717) is 0 Å². The summed E-state index contributed by atoms with van der Waals surface area (Å²) in [5.41, 5.74) is -0.0135. The van der Waals surface area contributed by atoms with Gasteiger partial charge in [-0.2, -0.15) is 0 Å². The van der Waals surface area contributed by atoms with Crippen LogP contribution < -0.4 is 0 Å². The van der Waals surface area contributed by atoms with Crippen LogP contribution in [-0.2, 0) is 0 Å². The minimum absolute atomic E-state index is 0.0135. The third-order valence-corrected chi connectivity index (χ3v) is 2.13. The lowest BCUT2D eigenvalue weighted by molar-refractivity contribution is 0.572. The Morgan fingerprint density at radius 2 is 1.73 bits per heavy atom. The zero-order chi connectivity index (χ0) is 8.43. The van der Waals surface area contributed by atoms with Crippen LogP contribution in [0.5, 0.6) is 0 Å². The second kappa shape index (κ2) is 3.13. The van der Waals surface area contributed by atoms with Crippen molar-refractivity contribution in [2.75, 3.05) is 0 Å². The van der Waals surface area contributed by atoms with Crippen molar-refractivity contribution in [3.63, 3.8) is 0 Å². The molecule has 0 aliphatic rings. The highest BCUT2D eigenvalue weighted by atomic mass is 127. The molecule has 0 radical (unpaired) electrons. The molecule has 0 aliphatic heterocycles. The van der Waals surface area contributed by atoms with E-state index in [1.807, 2.05) is 0 Å². The average molecular weight is 265 g/mol. The molecule has 0 saturated heterocycles. The molecule has 11 heavy (non-hydrogen) atoms. The standard InChI is InChI=1S/C7H2F2IN/c1-11-4-2-5(8)7(10)6(9)3-4/h2-3H. The first-order valence-corrected chi connectivity index (χ1v) is 3.75. The maximum atomic E-state index is 12.6. The normalized spacial score (nSPS) is 9.27. The molecule has 0 spiro atoms. The molecule has 0 bridgehead atoms. The number of hydrogen-bond donors (Lipinski definition) is 0. The molecule has 1 aromatic rings. The lowest BCUT2D eigenvalue weighted by Crippen LogP contribution is -1.85. The van der Waals surface area contributed by atoms with Crippen LogP contribution in [0.25, 0.3) is 4.85 Å². The monoisotopic (exact) mass is 265 g/mol. The van der Waals surface area contributed by atoms with Gasteiger partial charge < -0.3 is 0 Å². The summed E-state index contributed by atoms with van der Waals surface area (Å²) in [5, 5.41) is 0. The summed E-state index contributed by atoms with van der Waals surface area (Å²) < 4.78 is 25.2. The van der Waals surface area contributed by atoms with Crippen molar-refractivity contribution < 1.29 is 8.78 Å². The van der Waals surface area contributed by atoms with Crippen LogP contribution in [0.2, 0.25) is 0 Å². The van der Waals surface area contributed by atoms with Gasteiger partial charge in [-0.1, -0.05) is 0 Å². The van der Waals surface area contributed by atoms with E-state index in [-0.39, 0.29) is 9.26 Å². The summed E-state index contributed by atoms with van der Waals surface area (Å²) in [4.78, 5) is 2.90. The number of halogens is 3. The Hall–Kier alpha value is -0.700. The zero-order valence-corrected chi connectivity index (χ0v) is 7.39. The molecule has 1 nitrogen and oxygen atoms in total. The molecule has 0 unspecified atom stereocenters. The first kappa shape index (κ1) is 8.40. The summed E-state index contributed by atoms with van der Waals surface area (Å²) in [7, 11) is 0. The van der Waals surface area contributed by atoms with Gasteiger partial charge in [-0.25, -0.2) is 13.6 Å². The minimum Gasteiger partial charge on any atom is -0.238 e. The summed E-state index contributed by atoms with van der Waals surface area (Å²) in [6.45, 7) is 6.50. The van der Waals surface area contributed by atoms with Gasteiger partial charge in [0.15, 0.2) is 5.69 Å². The van der Waals surface area contributed by atoms with Crippen molar-refractivity contribution in [2.45, 2.75) is 0 Å². The Labute approximate surface area is 76.0 Å². The number of hydrogen-bond acceptors (Lipinski definition) is 0. The van der Waals surface area contributed by atoms with Crippen molar-refractivity contribution in [1.82, 2.24) is 0 Å². The molecule has 56 valence electrons. The van der Waals surface area contributed by atoms with E-state index >= 15 is 0 Å². The van der Waals surface area contributed by atoms with Gasteiger partial charge >= 0.3 is 0 Å². The average Bonchev–Trinajstić information content (AvgIpc) is 1.99. The van der Waals surface area contributed by atoms with E-state index in [4.69, 9.17) is 6.57 Å². The molecule has 0 aliphatic carbocycles. The second-order valence-electron chi connectivity index (χ2n) is 1.84. The third kappa shape index (κ3) is 1.66. The number of rotatable bonds is 0. The molecule has 0 heterocycles. The van der Waals surface area contributed by atoms with Gasteiger partial charge in [0.05, 0.1) is 10.1 Å². The van der Waals surface area contributed by atoms with E-state index in [0.717, 1.165) is 12.1 Å².